The quantitative estimate of drug-likeness (QED) is 0.756. The molecule has 0 saturated carbocycles. The van der Waals surface area contributed by atoms with E-state index in [1.165, 1.54) is 12.1 Å². The summed E-state index contributed by atoms with van der Waals surface area (Å²) >= 11 is 0. The Labute approximate surface area is 99.1 Å². The van der Waals surface area contributed by atoms with E-state index in [9.17, 15) is 9.50 Å². The van der Waals surface area contributed by atoms with Crippen LogP contribution < -0.4 is 0 Å². The summed E-state index contributed by atoms with van der Waals surface area (Å²) in [7, 11) is 0. The van der Waals surface area contributed by atoms with E-state index in [0.717, 1.165) is 47.0 Å². The number of aliphatic hydroxyl groups is 1. The summed E-state index contributed by atoms with van der Waals surface area (Å²) < 4.78 is 13.2. The molecule has 3 rings (SSSR count). The SMILES string of the molecule is Cc1c2c(nc3ccc(F)cc13)C(O)CCC2. The van der Waals surface area contributed by atoms with Crippen LogP contribution in [-0.4, -0.2) is 10.1 Å². The standard InChI is InChI=1S/C14H14FNO/c1-8-10-3-2-4-13(17)14(10)16-12-6-5-9(15)7-11(8)12/h5-7,13,17H,2-4H2,1H3. The molecule has 0 fully saturated rings. The fraction of sp³-hybridized carbons (Fsp3) is 0.357. The molecule has 1 unspecified atom stereocenters. The minimum Gasteiger partial charge on any atom is -0.387 e. The summed E-state index contributed by atoms with van der Waals surface area (Å²) in [5.41, 5.74) is 3.71. The van der Waals surface area contributed by atoms with E-state index >= 15 is 0 Å². The lowest BCUT2D eigenvalue weighted by Crippen LogP contribution is -2.13. The summed E-state index contributed by atoms with van der Waals surface area (Å²) in [5.74, 6) is -0.237. The van der Waals surface area contributed by atoms with Gasteiger partial charge in [0.2, 0.25) is 0 Å². The van der Waals surface area contributed by atoms with Crippen LogP contribution in [0.3, 0.4) is 0 Å². The van der Waals surface area contributed by atoms with Crippen LogP contribution in [0, 0.1) is 12.7 Å². The molecule has 88 valence electrons. The van der Waals surface area contributed by atoms with Crippen molar-refractivity contribution < 1.29 is 9.50 Å². The molecule has 0 spiro atoms. The molecule has 17 heavy (non-hydrogen) atoms. The Kier molecular flexibility index (Phi) is 2.37. The number of fused-ring (bicyclic) bond motifs is 2. The highest BCUT2D eigenvalue weighted by Crippen LogP contribution is 2.33. The maximum atomic E-state index is 13.2. The molecule has 0 aliphatic heterocycles. The number of benzene rings is 1. The molecule has 1 atom stereocenters. The van der Waals surface area contributed by atoms with Crippen molar-refractivity contribution in [2.45, 2.75) is 32.3 Å². The monoisotopic (exact) mass is 231 g/mol. The Hall–Kier alpha value is -1.48. The third kappa shape index (κ3) is 1.62. The number of aryl methyl sites for hydroxylation is 1. The van der Waals surface area contributed by atoms with Gasteiger partial charge in [-0.05, 0) is 55.5 Å². The number of hydrogen-bond acceptors (Lipinski definition) is 2. The molecule has 3 heteroatoms. The van der Waals surface area contributed by atoms with E-state index in [0.29, 0.717) is 0 Å². The first-order valence-electron chi connectivity index (χ1n) is 5.93. The molecular formula is C14H14FNO. The second-order valence-corrected chi connectivity index (χ2v) is 4.67. The van der Waals surface area contributed by atoms with Gasteiger partial charge in [-0.15, -0.1) is 0 Å². The molecule has 0 radical (unpaired) electrons. The van der Waals surface area contributed by atoms with Gasteiger partial charge < -0.3 is 5.11 Å². The molecule has 0 bridgehead atoms. The number of hydrogen-bond donors (Lipinski definition) is 1. The first-order valence-corrected chi connectivity index (χ1v) is 5.93. The molecular weight excluding hydrogens is 217 g/mol. The van der Waals surface area contributed by atoms with Gasteiger partial charge in [0.1, 0.15) is 5.82 Å². The van der Waals surface area contributed by atoms with E-state index in [2.05, 4.69) is 4.98 Å². The average Bonchev–Trinajstić information content (AvgIpc) is 2.32. The fourth-order valence-electron chi connectivity index (χ4n) is 2.66. The first kappa shape index (κ1) is 10.7. The third-order valence-corrected chi connectivity index (χ3v) is 3.59. The van der Waals surface area contributed by atoms with Crippen molar-refractivity contribution in [1.82, 2.24) is 4.98 Å². The minimum atomic E-state index is -0.466. The van der Waals surface area contributed by atoms with Gasteiger partial charge in [0, 0.05) is 5.39 Å². The number of halogens is 1. The molecule has 1 heterocycles. The van der Waals surface area contributed by atoms with E-state index in [4.69, 9.17) is 0 Å². The van der Waals surface area contributed by atoms with E-state index in [1.54, 1.807) is 6.07 Å². The highest BCUT2D eigenvalue weighted by molar-refractivity contribution is 5.83. The molecule has 2 aromatic rings. The van der Waals surface area contributed by atoms with Crippen molar-refractivity contribution in [2.24, 2.45) is 0 Å². The van der Waals surface area contributed by atoms with Crippen LogP contribution >= 0.6 is 0 Å². The van der Waals surface area contributed by atoms with Crippen LogP contribution in [0.4, 0.5) is 4.39 Å². The Morgan fingerprint density at radius 2 is 2.24 bits per heavy atom. The van der Waals surface area contributed by atoms with Gasteiger partial charge in [-0.1, -0.05) is 0 Å². The summed E-state index contributed by atoms with van der Waals surface area (Å²) in [6, 6.07) is 4.62. The second kappa shape index (κ2) is 3.77. The van der Waals surface area contributed by atoms with Gasteiger partial charge in [-0.3, -0.25) is 0 Å². The summed E-state index contributed by atoms with van der Waals surface area (Å²) in [4.78, 5) is 4.48. The zero-order valence-corrected chi connectivity index (χ0v) is 9.70. The van der Waals surface area contributed by atoms with Crippen LogP contribution in [0.15, 0.2) is 18.2 Å². The summed E-state index contributed by atoms with van der Waals surface area (Å²) in [6.07, 6.45) is 2.20. The fourth-order valence-corrected chi connectivity index (χ4v) is 2.66. The largest absolute Gasteiger partial charge is 0.387 e. The number of rotatable bonds is 0. The van der Waals surface area contributed by atoms with Crippen molar-refractivity contribution >= 4 is 10.9 Å². The Bertz CT molecular complexity index is 594. The lowest BCUT2D eigenvalue weighted by molar-refractivity contribution is 0.152. The van der Waals surface area contributed by atoms with Crippen molar-refractivity contribution in [3.05, 3.63) is 40.8 Å². The molecule has 2 nitrogen and oxygen atoms in total. The average molecular weight is 231 g/mol. The topological polar surface area (TPSA) is 33.1 Å². The van der Waals surface area contributed by atoms with Crippen LogP contribution in [0.1, 0.15) is 35.8 Å². The predicted molar refractivity (Wildman–Crippen MR) is 64.3 cm³/mol. The Morgan fingerprint density at radius 1 is 1.41 bits per heavy atom. The maximum absolute atomic E-state index is 13.2. The molecule has 1 aliphatic carbocycles. The number of nitrogens with zero attached hydrogens (tertiary/aromatic N) is 1. The Balaban J connectivity index is 2.35. The lowest BCUT2D eigenvalue weighted by atomic mass is 9.89. The molecule has 0 amide bonds. The summed E-state index contributed by atoms with van der Waals surface area (Å²) in [5, 5.41) is 10.8. The van der Waals surface area contributed by atoms with Crippen molar-refractivity contribution in [1.29, 1.82) is 0 Å². The highest BCUT2D eigenvalue weighted by atomic mass is 19.1. The van der Waals surface area contributed by atoms with Gasteiger partial charge >= 0.3 is 0 Å². The minimum absolute atomic E-state index is 0.237. The molecule has 1 aromatic heterocycles. The third-order valence-electron chi connectivity index (χ3n) is 3.59. The van der Waals surface area contributed by atoms with E-state index < -0.39 is 6.10 Å². The molecule has 1 N–H and O–H groups in total. The van der Waals surface area contributed by atoms with Gasteiger partial charge in [-0.2, -0.15) is 0 Å². The molecule has 0 saturated heterocycles. The van der Waals surface area contributed by atoms with Gasteiger partial charge in [0.25, 0.3) is 0 Å². The predicted octanol–water partition coefficient (Wildman–Crippen LogP) is 3.05. The molecule has 1 aliphatic rings. The Morgan fingerprint density at radius 3 is 3.06 bits per heavy atom. The zero-order chi connectivity index (χ0) is 12.0. The van der Waals surface area contributed by atoms with Crippen LogP contribution in [0.5, 0.6) is 0 Å². The molecule has 1 aromatic carbocycles. The number of pyridine rings is 1. The van der Waals surface area contributed by atoms with Crippen LogP contribution in [0.25, 0.3) is 10.9 Å². The lowest BCUT2D eigenvalue weighted by Gasteiger charge is -2.23. The normalized spacial score (nSPS) is 19.4. The van der Waals surface area contributed by atoms with Crippen molar-refractivity contribution in [2.75, 3.05) is 0 Å². The first-order chi connectivity index (χ1) is 8.16. The second-order valence-electron chi connectivity index (χ2n) is 4.67. The van der Waals surface area contributed by atoms with E-state index in [1.807, 2.05) is 6.92 Å². The number of aliphatic hydroxyl groups excluding tert-OH is 1. The van der Waals surface area contributed by atoms with Crippen LogP contribution in [-0.2, 0) is 6.42 Å². The van der Waals surface area contributed by atoms with E-state index in [-0.39, 0.29) is 5.82 Å². The van der Waals surface area contributed by atoms with Crippen molar-refractivity contribution in [3.63, 3.8) is 0 Å². The highest BCUT2D eigenvalue weighted by Gasteiger charge is 2.22. The smallest absolute Gasteiger partial charge is 0.123 e. The van der Waals surface area contributed by atoms with Gasteiger partial charge in [-0.25, -0.2) is 9.37 Å². The zero-order valence-electron chi connectivity index (χ0n) is 9.70. The number of aromatic nitrogens is 1. The summed E-state index contributed by atoms with van der Waals surface area (Å²) in [6.45, 7) is 1.99. The van der Waals surface area contributed by atoms with Crippen molar-refractivity contribution in [3.8, 4) is 0 Å². The van der Waals surface area contributed by atoms with Crippen LogP contribution in [0.2, 0.25) is 0 Å². The van der Waals surface area contributed by atoms with Gasteiger partial charge in [0.15, 0.2) is 0 Å². The maximum Gasteiger partial charge on any atom is 0.123 e. The van der Waals surface area contributed by atoms with Gasteiger partial charge in [0.05, 0.1) is 17.3 Å².